The van der Waals surface area contributed by atoms with E-state index >= 15 is 0 Å². The van der Waals surface area contributed by atoms with Gasteiger partial charge in [0.15, 0.2) is 0 Å². The fourth-order valence-corrected chi connectivity index (χ4v) is 8.28. The molecule has 3 atom stereocenters. The summed E-state index contributed by atoms with van der Waals surface area (Å²) in [4.78, 5) is 26.2. The molecule has 6 nitrogen and oxygen atoms in total. The molecule has 0 aromatic carbocycles. The van der Waals surface area contributed by atoms with Gasteiger partial charge in [-0.2, -0.15) is 0 Å². The molecule has 0 radical (unpaired) electrons. The van der Waals surface area contributed by atoms with Crippen molar-refractivity contribution in [1.82, 2.24) is 5.32 Å². The summed E-state index contributed by atoms with van der Waals surface area (Å²) in [6.45, 7) is 6.46. The largest absolute Gasteiger partial charge is 0.462 e. The predicted octanol–water partition coefficient (Wildman–Crippen LogP) is 16.5. The highest BCUT2D eigenvalue weighted by Gasteiger charge is 2.24. The van der Waals surface area contributed by atoms with Crippen LogP contribution in [0.1, 0.15) is 284 Å². The highest BCUT2D eigenvalue weighted by Crippen LogP contribution is 2.18. The van der Waals surface area contributed by atoms with Gasteiger partial charge in [0.05, 0.1) is 25.2 Å². The number of ether oxygens (including phenoxy) is 1. The van der Waals surface area contributed by atoms with E-state index in [0.29, 0.717) is 19.3 Å². The van der Waals surface area contributed by atoms with Gasteiger partial charge in [-0.3, -0.25) is 9.59 Å². The minimum atomic E-state index is -0.790. The second-order valence-corrected chi connectivity index (χ2v) is 18.6. The lowest BCUT2D eigenvalue weighted by molar-refractivity contribution is -0.151. The molecule has 0 rings (SSSR count). The quantitative estimate of drug-likeness (QED) is 0.0321. The molecule has 0 aromatic rings. The maximum atomic E-state index is 13.2. The molecule has 3 N–H and O–H groups in total. The third-order valence-corrected chi connectivity index (χ3v) is 12.4. The first-order valence-electron chi connectivity index (χ1n) is 27.2. The van der Waals surface area contributed by atoms with Gasteiger partial charge in [-0.25, -0.2) is 0 Å². The molecule has 0 bridgehead atoms. The Morgan fingerprint density at radius 3 is 1.29 bits per heavy atom. The van der Waals surface area contributed by atoms with Crippen molar-refractivity contribution < 1.29 is 24.5 Å². The second-order valence-electron chi connectivity index (χ2n) is 18.6. The summed E-state index contributed by atoms with van der Waals surface area (Å²) in [5.41, 5.74) is 0. The van der Waals surface area contributed by atoms with Crippen LogP contribution in [0.4, 0.5) is 0 Å². The van der Waals surface area contributed by atoms with Crippen molar-refractivity contribution in [3.8, 4) is 0 Å². The van der Waals surface area contributed by atoms with Gasteiger partial charge in [0.2, 0.25) is 5.91 Å². The average molecular weight is 872 g/mol. The molecule has 0 saturated heterocycles. The van der Waals surface area contributed by atoms with Gasteiger partial charge in [0.1, 0.15) is 6.10 Å². The third-order valence-electron chi connectivity index (χ3n) is 12.4. The lowest BCUT2D eigenvalue weighted by Crippen LogP contribution is -2.46. The van der Waals surface area contributed by atoms with Gasteiger partial charge in [0, 0.05) is 6.42 Å². The second kappa shape index (κ2) is 50.1. The van der Waals surface area contributed by atoms with Crippen molar-refractivity contribution in [2.45, 2.75) is 302 Å². The normalized spacial score (nSPS) is 13.4. The number of hydrogen-bond acceptors (Lipinski definition) is 5. The Morgan fingerprint density at radius 1 is 0.468 bits per heavy atom. The summed E-state index contributed by atoms with van der Waals surface area (Å²) in [7, 11) is 0. The number of allylic oxidation sites excluding steroid dienone is 6. The molecular weight excluding hydrogens is 767 g/mol. The van der Waals surface area contributed by atoms with E-state index in [4.69, 9.17) is 4.74 Å². The van der Waals surface area contributed by atoms with Crippen LogP contribution in [0.5, 0.6) is 0 Å². The van der Waals surface area contributed by atoms with Crippen LogP contribution in [-0.2, 0) is 14.3 Å². The molecule has 6 heteroatoms. The molecule has 1 amide bonds. The first-order chi connectivity index (χ1) is 30.5. The Morgan fingerprint density at radius 2 is 0.823 bits per heavy atom. The number of hydrogen-bond donors (Lipinski definition) is 3. The number of aliphatic hydroxyl groups is 2. The Kier molecular flexibility index (Phi) is 48.5. The first kappa shape index (κ1) is 60.1. The number of rotatable bonds is 49. The Labute approximate surface area is 385 Å². The number of nitrogens with one attached hydrogen (secondary N) is 1. The maximum Gasteiger partial charge on any atom is 0.306 e. The minimum Gasteiger partial charge on any atom is -0.462 e. The molecule has 0 aliphatic carbocycles. The van der Waals surface area contributed by atoms with Gasteiger partial charge in [-0.15, -0.1) is 0 Å². The van der Waals surface area contributed by atoms with E-state index in [1.807, 2.05) is 0 Å². The van der Waals surface area contributed by atoms with Crippen LogP contribution in [-0.4, -0.2) is 46.9 Å². The molecule has 0 aliphatic heterocycles. The van der Waals surface area contributed by atoms with Crippen LogP contribution < -0.4 is 5.32 Å². The van der Waals surface area contributed by atoms with Crippen molar-refractivity contribution in [3.63, 3.8) is 0 Å². The summed E-state index contributed by atoms with van der Waals surface area (Å²) in [5.74, 6) is -0.488. The van der Waals surface area contributed by atoms with Gasteiger partial charge in [-0.05, 0) is 83.5 Å². The molecule has 0 heterocycles. The molecule has 0 aliphatic rings. The smallest absolute Gasteiger partial charge is 0.306 e. The zero-order chi connectivity index (χ0) is 45.2. The standard InChI is InChI=1S/C56H105NO5/c1-4-7-10-13-16-19-22-24-26-28-30-32-34-37-40-43-46-49-56(61)62-52(47-44-41-38-35-33-31-29-27-25-23-20-17-14-11-8-5-2)50-55(60)57-53(51-58)54(59)48-45-42-39-36-21-18-15-12-9-6-3/h16,19,24,26,31,33,52-54,58-59H,4-15,17-18,20-23,25,27-30,32,34-51H2,1-3H3,(H,57,60)/b19-16-,26-24-,33-31+. The van der Waals surface area contributed by atoms with Crippen molar-refractivity contribution in [1.29, 1.82) is 0 Å². The zero-order valence-electron chi connectivity index (χ0n) is 41.5. The van der Waals surface area contributed by atoms with E-state index in [9.17, 15) is 19.8 Å². The fraction of sp³-hybridized carbons (Fsp3) is 0.857. The summed E-state index contributed by atoms with van der Waals surface area (Å²) in [6.07, 6.45) is 59.2. The zero-order valence-corrected chi connectivity index (χ0v) is 41.5. The Hall–Kier alpha value is -1.92. The molecule has 0 spiro atoms. The highest BCUT2D eigenvalue weighted by atomic mass is 16.5. The van der Waals surface area contributed by atoms with Crippen LogP contribution in [0, 0.1) is 0 Å². The van der Waals surface area contributed by atoms with Crippen LogP contribution in [0.15, 0.2) is 36.5 Å². The lowest BCUT2D eigenvalue weighted by Gasteiger charge is -2.24. The van der Waals surface area contributed by atoms with E-state index in [1.54, 1.807) is 0 Å². The minimum absolute atomic E-state index is 0.0663. The molecule has 0 aromatic heterocycles. The summed E-state index contributed by atoms with van der Waals surface area (Å²) in [6, 6.07) is -0.705. The molecule has 0 fully saturated rings. The first-order valence-corrected chi connectivity index (χ1v) is 27.2. The summed E-state index contributed by atoms with van der Waals surface area (Å²) >= 11 is 0. The fourth-order valence-electron chi connectivity index (χ4n) is 8.28. The number of carbonyl (C=O) groups excluding carboxylic acids is 2. The van der Waals surface area contributed by atoms with Gasteiger partial charge in [0.25, 0.3) is 0 Å². The molecule has 3 unspecified atom stereocenters. The van der Waals surface area contributed by atoms with Crippen molar-refractivity contribution >= 4 is 11.9 Å². The summed E-state index contributed by atoms with van der Waals surface area (Å²) in [5, 5.41) is 23.7. The topological polar surface area (TPSA) is 95.9 Å². The molecule has 364 valence electrons. The molecule has 0 saturated carbocycles. The lowest BCUT2D eigenvalue weighted by atomic mass is 10.0. The van der Waals surface area contributed by atoms with Crippen molar-refractivity contribution in [3.05, 3.63) is 36.5 Å². The SMILES string of the molecule is CCCCC/C=C\C/C=C\CCCCCCCCCC(=O)OC(CCCCC/C=C/CCCCCCCCCCC)CC(=O)NC(CO)C(O)CCCCCCCCCCCC. The molecular formula is C56H105NO5. The van der Waals surface area contributed by atoms with Crippen molar-refractivity contribution in [2.75, 3.05) is 6.61 Å². The van der Waals surface area contributed by atoms with Crippen LogP contribution in [0.25, 0.3) is 0 Å². The van der Waals surface area contributed by atoms with Crippen LogP contribution in [0.3, 0.4) is 0 Å². The predicted molar refractivity (Wildman–Crippen MR) is 269 cm³/mol. The Balaban J connectivity index is 4.58. The number of aliphatic hydroxyl groups excluding tert-OH is 2. The number of unbranched alkanes of at least 4 members (excludes halogenated alkanes) is 31. The van der Waals surface area contributed by atoms with E-state index in [2.05, 4.69) is 62.5 Å². The van der Waals surface area contributed by atoms with Gasteiger partial charge in [-0.1, -0.05) is 224 Å². The van der Waals surface area contributed by atoms with E-state index in [1.165, 1.54) is 161 Å². The van der Waals surface area contributed by atoms with Crippen LogP contribution in [0.2, 0.25) is 0 Å². The monoisotopic (exact) mass is 872 g/mol. The average Bonchev–Trinajstić information content (AvgIpc) is 3.26. The third kappa shape index (κ3) is 44.7. The maximum absolute atomic E-state index is 13.2. The van der Waals surface area contributed by atoms with E-state index in [-0.39, 0.29) is 24.9 Å². The molecule has 62 heavy (non-hydrogen) atoms. The summed E-state index contributed by atoms with van der Waals surface area (Å²) < 4.78 is 5.94. The number of carbonyl (C=O) groups is 2. The van der Waals surface area contributed by atoms with E-state index in [0.717, 1.165) is 77.0 Å². The Bertz CT molecular complexity index is 1020. The van der Waals surface area contributed by atoms with E-state index < -0.39 is 18.2 Å². The number of esters is 1. The van der Waals surface area contributed by atoms with Crippen LogP contribution >= 0.6 is 0 Å². The van der Waals surface area contributed by atoms with Gasteiger partial charge >= 0.3 is 5.97 Å². The highest BCUT2D eigenvalue weighted by molar-refractivity contribution is 5.77. The van der Waals surface area contributed by atoms with Gasteiger partial charge < -0.3 is 20.3 Å². The number of amides is 1. The van der Waals surface area contributed by atoms with Crippen molar-refractivity contribution in [2.24, 2.45) is 0 Å².